The molecule has 1 aliphatic rings. The van der Waals surface area contributed by atoms with Gasteiger partial charge in [0.2, 0.25) is 0 Å². The van der Waals surface area contributed by atoms with Gasteiger partial charge in [-0.25, -0.2) is 9.97 Å². The summed E-state index contributed by atoms with van der Waals surface area (Å²) in [4.78, 5) is 23.6. The zero-order chi connectivity index (χ0) is 17.5. The van der Waals surface area contributed by atoms with Crippen molar-refractivity contribution in [2.24, 2.45) is 5.92 Å². The number of thiophene rings is 1. The Morgan fingerprint density at radius 2 is 2.08 bits per heavy atom. The molecule has 0 spiro atoms. The molecule has 0 saturated carbocycles. The van der Waals surface area contributed by atoms with Crippen LogP contribution in [0.3, 0.4) is 0 Å². The highest BCUT2D eigenvalue weighted by Gasteiger charge is 2.24. The summed E-state index contributed by atoms with van der Waals surface area (Å²) in [7, 11) is 0. The van der Waals surface area contributed by atoms with E-state index in [1.165, 1.54) is 11.3 Å². The first-order valence-corrected chi connectivity index (χ1v) is 9.23. The largest absolute Gasteiger partial charge is 0.381 e. The van der Waals surface area contributed by atoms with E-state index in [0.29, 0.717) is 12.5 Å². The summed E-state index contributed by atoms with van der Waals surface area (Å²) in [6.45, 7) is 12.5. The van der Waals surface area contributed by atoms with Gasteiger partial charge in [-0.05, 0) is 25.8 Å². The molecule has 1 unspecified atom stereocenters. The van der Waals surface area contributed by atoms with Gasteiger partial charge in [0.05, 0.1) is 17.2 Å². The standard InChI is InChI=1S/C18H25N3O2S/c1-10-13-11(2)20-17(18(3,4)5)21-16(13)24-14(10)15(22)19-8-12-6-7-23-9-12/h12H,6-9H2,1-5H3,(H,19,22). The molecule has 3 rings (SSSR count). The highest BCUT2D eigenvalue weighted by Crippen LogP contribution is 2.33. The lowest BCUT2D eigenvalue weighted by molar-refractivity contribution is 0.0948. The summed E-state index contributed by atoms with van der Waals surface area (Å²) in [5.41, 5.74) is 1.82. The van der Waals surface area contributed by atoms with E-state index in [0.717, 1.165) is 51.8 Å². The molecule has 1 N–H and O–H groups in total. The van der Waals surface area contributed by atoms with Crippen molar-refractivity contribution in [3.05, 3.63) is 22.0 Å². The predicted molar refractivity (Wildman–Crippen MR) is 96.8 cm³/mol. The van der Waals surface area contributed by atoms with Crippen LogP contribution in [0.25, 0.3) is 10.2 Å². The molecule has 0 bridgehead atoms. The van der Waals surface area contributed by atoms with Gasteiger partial charge in [0.25, 0.3) is 5.91 Å². The molecule has 1 fully saturated rings. The number of nitrogens with zero attached hydrogens (tertiary/aromatic N) is 2. The highest BCUT2D eigenvalue weighted by molar-refractivity contribution is 7.20. The molecule has 1 saturated heterocycles. The maximum Gasteiger partial charge on any atom is 0.261 e. The van der Waals surface area contributed by atoms with E-state index in [-0.39, 0.29) is 11.3 Å². The van der Waals surface area contributed by atoms with E-state index in [1.807, 2.05) is 13.8 Å². The molecule has 24 heavy (non-hydrogen) atoms. The summed E-state index contributed by atoms with van der Waals surface area (Å²) < 4.78 is 5.36. The van der Waals surface area contributed by atoms with Crippen molar-refractivity contribution in [1.29, 1.82) is 0 Å². The summed E-state index contributed by atoms with van der Waals surface area (Å²) >= 11 is 1.46. The molecular formula is C18H25N3O2S. The van der Waals surface area contributed by atoms with Gasteiger partial charge in [0, 0.05) is 29.9 Å². The smallest absolute Gasteiger partial charge is 0.261 e. The number of carbonyl (C=O) groups is 1. The van der Waals surface area contributed by atoms with Gasteiger partial charge < -0.3 is 10.1 Å². The first kappa shape index (κ1) is 17.3. The number of aromatic nitrogens is 2. The number of rotatable bonds is 3. The Morgan fingerprint density at radius 3 is 2.71 bits per heavy atom. The Balaban J connectivity index is 1.89. The van der Waals surface area contributed by atoms with Crippen molar-refractivity contribution in [2.75, 3.05) is 19.8 Å². The topological polar surface area (TPSA) is 64.1 Å². The molecule has 0 aromatic carbocycles. The number of fused-ring (bicyclic) bond motifs is 1. The van der Waals surface area contributed by atoms with Crippen LogP contribution in [0.2, 0.25) is 0 Å². The number of hydrogen-bond donors (Lipinski definition) is 1. The van der Waals surface area contributed by atoms with Crippen molar-refractivity contribution < 1.29 is 9.53 Å². The van der Waals surface area contributed by atoms with Crippen LogP contribution in [-0.4, -0.2) is 35.6 Å². The van der Waals surface area contributed by atoms with Gasteiger partial charge in [-0.3, -0.25) is 4.79 Å². The Bertz CT molecular complexity index is 771. The van der Waals surface area contributed by atoms with Gasteiger partial charge >= 0.3 is 0 Å². The third-order valence-corrected chi connectivity index (χ3v) is 5.61. The van der Waals surface area contributed by atoms with E-state index in [9.17, 15) is 4.79 Å². The van der Waals surface area contributed by atoms with Crippen LogP contribution in [0.4, 0.5) is 0 Å². The minimum atomic E-state index is -0.109. The zero-order valence-electron chi connectivity index (χ0n) is 15.0. The van der Waals surface area contributed by atoms with Crippen molar-refractivity contribution in [3.8, 4) is 0 Å². The average Bonchev–Trinajstić information content (AvgIpc) is 3.12. The van der Waals surface area contributed by atoms with Crippen LogP contribution in [0.5, 0.6) is 0 Å². The number of amides is 1. The van der Waals surface area contributed by atoms with E-state index in [1.54, 1.807) is 0 Å². The second kappa shape index (κ2) is 6.41. The van der Waals surface area contributed by atoms with Gasteiger partial charge in [-0.15, -0.1) is 11.3 Å². The monoisotopic (exact) mass is 347 g/mol. The Labute approximate surface area is 146 Å². The van der Waals surface area contributed by atoms with Gasteiger partial charge in [-0.2, -0.15) is 0 Å². The first-order valence-electron chi connectivity index (χ1n) is 8.41. The summed E-state index contributed by atoms with van der Waals surface area (Å²) in [6.07, 6.45) is 1.02. The lowest BCUT2D eigenvalue weighted by Gasteiger charge is -2.16. The van der Waals surface area contributed by atoms with Crippen LogP contribution in [0.1, 0.15) is 53.9 Å². The molecule has 3 heterocycles. The van der Waals surface area contributed by atoms with Crippen molar-refractivity contribution in [2.45, 2.75) is 46.5 Å². The minimum absolute atomic E-state index is 0.0147. The molecule has 6 heteroatoms. The predicted octanol–water partition coefficient (Wildman–Crippen LogP) is 3.37. The quantitative estimate of drug-likeness (QED) is 0.924. The van der Waals surface area contributed by atoms with E-state index < -0.39 is 0 Å². The van der Waals surface area contributed by atoms with Crippen molar-refractivity contribution in [1.82, 2.24) is 15.3 Å². The third-order valence-electron chi connectivity index (χ3n) is 4.42. The molecule has 1 aliphatic heterocycles. The van der Waals surface area contributed by atoms with Gasteiger partial charge in [0.1, 0.15) is 10.7 Å². The fourth-order valence-electron chi connectivity index (χ4n) is 2.95. The first-order chi connectivity index (χ1) is 11.3. The van der Waals surface area contributed by atoms with Crippen LogP contribution in [-0.2, 0) is 10.2 Å². The number of hydrogen-bond acceptors (Lipinski definition) is 5. The SMILES string of the molecule is Cc1nc(C(C)(C)C)nc2sc(C(=O)NCC3CCOC3)c(C)c12. The lowest BCUT2D eigenvalue weighted by atomic mass is 9.95. The summed E-state index contributed by atoms with van der Waals surface area (Å²) in [6, 6.07) is 0. The van der Waals surface area contributed by atoms with E-state index >= 15 is 0 Å². The number of ether oxygens (including phenoxy) is 1. The molecule has 1 atom stereocenters. The third kappa shape index (κ3) is 3.30. The molecule has 2 aromatic rings. The van der Waals surface area contributed by atoms with Gasteiger partial charge in [0.15, 0.2) is 0 Å². The fourth-order valence-corrected chi connectivity index (χ4v) is 4.10. The molecule has 0 aliphatic carbocycles. The molecule has 130 valence electrons. The van der Waals surface area contributed by atoms with Gasteiger partial charge in [-0.1, -0.05) is 20.8 Å². The van der Waals surface area contributed by atoms with E-state index in [4.69, 9.17) is 9.72 Å². The van der Waals surface area contributed by atoms with Crippen molar-refractivity contribution in [3.63, 3.8) is 0 Å². The zero-order valence-corrected chi connectivity index (χ0v) is 15.8. The number of nitrogens with one attached hydrogen (secondary N) is 1. The fraction of sp³-hybridized carbons (Fsp3) is 0.611. The maximum atomic E-state index is 12.6. The number of aryl methyl sites for hydroxylation is 2. The Kier molecular flexibility index (Phi) is 4.62. The average molecular weight is 347 g/mol. The second-order valence-electron chi connectivity index (χ2n) is 7.56. The lowest BCUT2D eigenvalue weighted by Crippen LogP contribution is -2.29. The van der Waals surface area contributed by atoms with Crippen LogP contribution in [0, 0.1) is 19.8 Å². The Hall–Kier alpha value is -1.53. The van der Waals surface area contributed by atoms with Crippen LogP contribution >= 0.6 is 11.3 Å². The maximum absolute atomic E-state index is 12.6. The molecule has 2 aromatic heterocycles. The summed E-state index contributed by atoms with van der Waals surface area (Å²) in [5.74, 6) is 1.24. The highest BCUT2D eigenvalue weighted by atomic mass is 32.1. The van der Waals surface area contributed by atoms with Crippen LogP contribution < -0.4 is 5.32 Å². The Morgan fingerprint density at radius 1 is 1.33 bits per heavy atom. The summed E-state index contributed by atoms with van der Waals surface area (Å²) in [5, 5.41) is 4.07. The number of carbonyl (C=O) groups excluding carboxylic acids is 1. The van der Waals surface area contributed by atoms with Crippen LogP contribution in [0.15, 0.2) is 0 Å². The van der Waals surface area contributed by atoms with Crippen molar-refractivity contribution >= 4 is 27.5 Å². The van der Waals surface area contributed by atoms with E-state index in [2.05, 4.69) is 31.1 Å². The molecule has 1 amide bonds. The molecular weight excluding hydrogens is 322 g/mol. The second-order valence-corrected chi connectivity index (χ2v) is 8.56. The minimum Gasteiger partial charge on any atom is -0.381 e. The molecule has 5 nitrogen and oxygen atoms in total. The normalized spacial score (nSPS) is 18.3. The molecule has 0 radical (unpaired) electrons.